The number of likely N-dealkylation sites (N-methyl/N-ethyl adjacent to an activating group) is 1. The number of ether oxygens (including phenoxy) is 1. The molecule has 1 unspecified atom stereocenters. The molecule has 206 valence electrons. The number of nitrogens with zero attached hydrogens (tertiary/aromatic N) is 3. The van der Waals surface area contributed by atoms with Gasteiger partial charge in [-0.3, -0.25) is 23.9 Å². The van der Waals surface area contributed by atoms with Crippen LogP contribution >= 0.6 is 11.8 Å². The first-order valence-corrected chi connectivity index (χ1v) is 14.1. The maximum Gasteiger partial charge on any atom is 0.410 e. The summed E-state index contributed by atoms with van der Waals surface area (Å²) in [5.41, 5.74) is -0.345. The van der Waals surface area contributed by atoms with Crippen LogP contribution in [-0.2, 0) is 14.3 Å². The van der Waals surface area contributed by atoms with Gasteiger partial charge in [0.25, 0.3) is 5.91 Å². The summed E-state index contributed by atoms with van der Waals surface area (Å²) in [7, 11) is 1.50. The molecule has 4 atom stereocenters. The van der Waals surface area contributed by atoms with Crippen LogP contribution in [0.4, 0.5) is 4.79 Å². The molecule has 0 radical (unpaired) electrons. The minimum absolute atomic E-state index is 0.155. The van der Waals surface area contributed by atoms with Gasteiger partial charge in [0.15, 0.2) is 0 Å². The summed E-state index contributed by atoms with van der Waals surface area (Å²) < 4.78 is 7.01. The van der Waals surface area contributed by atoms with Crippen molar-refractivity contribution in [3.8, 4) is 0 Å². The topological polar surface area (TPSA) is 101 Å². The number of benzene rings is 1. The number of nitrogens with one attached hydrogen (secondary N) is 1. The second-order valence-corrected chi connectivity index (χ2v) is 13.2. The molecular weight excluding hydrogens is 504 g/mol. The molecule has 3 heterocycles. The molecule has 0 spiro atoms. The van der Waals surface area contributed by atoms with Gasteiger partial charge in [0.2, 0.25) is 11.8 Å². The van der Waals surface area contributed by atoms with E-state index in [0.717, 1.165) is 10.9 Å². The van der Waals surface area contributed by atoms with Crippen molar-refractivity contribution in [3.63, 3.8) is 0 Å². The van der Waals surface area contributed by atoms with Gasteiger partial charge in [0.05, 0.1) is 10.9 Å². The van der Waals surface area contributed by atoms with Crippen LogP contribution in [-0.4, -0.2) is 80.1 Å². The third-order valence-electron chi connectivity index (χ3n) is 7.33. The fourth-order valence-corrected chi connectivity index (χ4v) is 6.77. The summed E-state index contributed by atoms with van der Waals surface area (Å²) in [5.74, 6) is -0.200. The lowest BCUT2D eigenvalue weighted by Gasteiger charge is -2.34. The zero-order valence-electron chi connectivity index (χ0n) is 23.2. The van der Waals surface area contributed by atoms with Gasteiger partial charge >= 0.3 is 6.09 Å². The van der Waals surface area contributed by atoms with Crippen molar-refractivity contribution < 1.29 is 23.9 Å². The Kier molecular flexibility index (Phi) is 7.58. The van der Waals surface area contributed by atoms with Crippen molar-refractivity contribution >= 4 is 46.5 Å². The van der Waals surface area contributed by atoms with Crippen molar-refractivity contribution in [1.29, 1.82) is 0 Å². The zero-order chi connectivity index (χ0) is 28.0. The van der Waals surface area contributed by atoms with Crippen LogP contribution in [0.5, 0.6) is 0 Å². The summed E-state index contributed by atoms with van der Waals surface area (Å²) in [6.45, 7) is 10.9. The average molecular weight is 543 g/mol. The van der Waals surface area contributed by atoms with Crippen molar-refractivity contribution in [3.05, 3.63) is 36.5 Å². The fraction of sp³-hybridized carbons (Fsp3) is 0.571. The highest BCUT2D eigenvalue weighted by Crippen LogP contribution is 2.47. The van der Waals surface area contributed by atoms with E-state index in [0.29, 0.717) is 18.6 Å². The molecule has 2 fully saturated rings. The number of hydrogen-bond donors (Lipinski definition) is 1. The van der Waals surface area contributed by atoms with Gasteiger partial charge in [0, 0.05) is 18.6 Å². The summed E-state index contributed by atoms with van der Waals surface area (Å²) in [6.07, 6.45) is 2.27. The quantitative estimate of drug-likeness (QED) is 0.624. The Labute approximate surface area is 228 Å². The van der Waals surface area contributed by atoms with Crippen LogP contribution in [0.1, 0.15) is 59.2 Å². The smallest absolute Gasteiger partial charge is 0.410 e. The van der Waals surface area contributed by atoms with Crippen molar-refractivity contribution in [2.45, 2.75) is 83.5 Å². The summed E-state index contributed by atoms with van der Waals surface area (Å²) in [5, 5.41) is 3.66. The number of carbonyl (C=O) groups is 4. The van der Waals surface area contributed by atoms with E-state index >= 15 is 0 Å². The number of amides is 3. The Hall–Kier alpha value is -3.01. The molecule has 0 bridgehead atoms. The highest BCUT2D eigenvalue weighted by molar-refractivity contribution is 7.99. The minimum Gasteiger partial charge on any atom is -0.444 e. The van der Waals surface area contributed by atoms with E-state index in [9.17, 15) is 19.2 Å². The van der Waals surface area contributed by atoms with Crippen molar-refractivity contribution in [2.24, 2.45) is 5.41 Å². The third kappa shape index (κ3) is 5.41. The monoisotopic (exact) mass is 542 g/mol. The first-order valence-electron chi connectivity index (χ1n) is 13.0. The molecule has 0 saturated carbocycles. The van der Waals surface area contributed by atoms with E-state index in [1.807, 2.05) is 44.2 Å². The third-order valence-corrected chi connectivity index (χ3v) is 8.58. The minimum atomic E-state index is -0.844. The zero-order valence-corrected chi connectivity index (χ0v) is 24.0. The highest BCUT2D eigenvalue weighted by Gasteiger charge is 2.54. The number of fused-ring (bicyclic) bond motifs is 2. The van der Waals surface area contributed by atoms with Gasteiger partial charge in [-0.15, -0.1) is 11.8 Å². The second kappa shape index (κ2) is 10.3. The average Bonchev–Trinajstić information content (AvgIpc) is 3.34. The first kappa shape index (κ1) is 28.0. The summed E-state index contributed by atoms with van der Waals surface area (Å²) in [6, 6.07) is 7.26. The van der Waals surface area contributed by atoms with Gasteiger partial charge in [0.1, 0.15) is 23.7 Å². The van der Waals surface area contributed by atoms with E-state index in [-0.39, 0.29) is 17.2 Å². The first-order chi connectivity index (χ1) is 17.7. The maximum absolute atomic E-state index is 14.0. The number of rotatable bonds is 4. The molecule has 2 saturated heterocycles. The van der Waals surface area contributed by atoms with Crippen molar-refractivity contribution in [2.75, 3.05) is 12.8 Å². The van der Waals surface area contributed by atoms with Crippen LogP contribution in [0.25, 0.3) is 10.9 Å². The second-order valence-electron chi connectivity index (χ2n) is 11.9. The molecule has 2 aliphatic heterocycles. The van der Waals surface area contributed by atoms with Crippen molar-refractivity contribution in [1.82, 2.24) is 19.7 Å². The van der Waals surface area contributed by atoms with Gasteiger partial charge in [-0.1, -0.05) is 32.0 Å². The van der Waals surface area contributed by atoms with E-state index in [2.05, 4.69) is 5.32 Å². The summed E-state index contributed by atoms with van der Waals surface area (Å²) in [4.78, 5) is 56.4. The highest BCUT2D eigenvalue weighted by atomic mass is 32.2. The molecule has 10 heteroatoms. The van der Waals surface area contributed by atoms with E-state index < -0.39 is 41.1 Å². The molecule has 2 aliphatic rings. The lowest BCUT2D eigenvalue weighted by Crippen LogP contribution is -2.57. The number of aromatic nitrogens is 1. The lowest BCUT2D eigenvalue weighted by atomic mass is 9.84. The molecule has 2 aromatic rings. The molecule has 38 heavy (non-hydrogen) atoms. The van der Waals surface area contributed by atoms with Crippen LogP contribution in [0.15, 0.2) is 36.5 Å². The molecule has 9 nitrogen and oxygen atoms in total. The molecule has 1 N–H and O–H groups in total. The number of carbonyl (C=O) groups excluding carboxylic acids is 4. The number of hydrogen-bond acceptors (Lipinski definition) is 6. The standard InChI is InChI=1S/C28H38N4O5S/c1-17(30(7)26(36)37-27(2,3)4)23(33)29-19-13-15-38-21-16-28(5,6)22(32(21)24(19)34)25(35)31-14-12-18-10-8-9-11-20(18)31/h8-12,14,17,19,21-22H,13,15-16H2,1-7H3,(H,29,33)/t17-,19?,21-,22+/m0/s1. The number of para-hydroxylation sites is 1. The Bertz CT molecular complexity index is 1250. The summed E-state index contributed by atoms with van der Waals surface area (Å²) >= 11 is 1.65. The Morgan fingerprint density at radius 3 is 2.55 bits per heavy atom. The predicted octanol–water partition coefficient (Wildman–Crippen LogP) is 4.11. The van der Waals surface area contributed by atoms with Crippen LogP contribution < -0.4 is 5.32 Å². The fourth-order valence-electron chi connectivity index (χ4n) is 5.19. The Morgan fingerprint density at radius 1 is 1.18 bits per heavy atom. The van der Waals surface area contributed by atoms with Gasteiger partial charge < -0.3 is 15.0 Å². The predicted molar refractivity (Wildman–Crippen MR) is 148 cm³/mol. The van der Waals surface area contributed by atoms with E-state index in [1.54, 1.807) is 55.1 Å². The maximum atomic E-state index is 14.0. The largest absolute Gasteiger partial charge is 0.444 e. The molecule has 3 amide bonds. The van der Waals surface area contributed by atoms with Gasteiger partial charge in [-0.2, -0.15) is 0 Å². The Morgan fingerprint density at radius 2 is 1.87 bits per heavy atom. The lowest BCUT2D eigenvalue weighted by molar-refractivity contribution is -0.138. The van der Waals surface area contributed by atoms with Gasteiger partial charge in [-0.05, 0) is 63.8 Å². The van der Waals surface area contributed by atoms with Crippen LogP contribution in [0.3, 0.4) is 0 Å². The Balaban J connectivity index is 1.55. The van der Waals surface area contributed by atoms with Crippen LogP contribution in [0.2, 0.25) is 0 Å². The molecule has 0 aliphatic carbocycles. The van der Waals surface area contributed by atoms with E-state index in [1.165, 1.54) is 11.9 Å². The number of thioether (sulfide) groups is 1. The normalized spacial score (nSPS) is 23.9. The molecule has 1 aromatic carbocycles. The van der Waals surface area contributed by atoms with Crippen LogP contribution in [0, 0.1) is 5.41 Å². The van der Waals surface area contributed by atoms with Gasteiger partial charge in [-0.25, -0.2) is 4.79 Å². The molecule has 4 rings (SSSR count). The molecular formula is C28H38N4O5S. The van der Waals surface area contributed by atoms with E-state index in [4.69, 9.17) is 4.74 Å². The SMILES string of the molecule is C[C@@H](C(=O)NC1CCS[C@H]2CC(C)(C)[C@@H](C(=O)n3ccc4ccccc43)N2C1=O)N(C)C(=O)OC(C)(C)C. The molecule has 1 aromatic heterocycles.